The van der Waals surface area contributed by atoms with Crippen LogP contribution in [-0.4, -0.2) is 23.9 Å². The predicted octanol–water partition coefficient (Wildman–Crippen LogP) is 4.29. The average molecular weight is 276 g/mol. The van der Waals surface area contributed by atoms with E-state index in [1.165, 1.54) is 11.1 Å². The zero-order valence-corrected chi connectivity index (χ0v) is 12.5. The van der Waals surface area contributed by atoms with Crippen molar-refractivity contribution in [2.24, 2.45) is 0 Å². The smallest absolute Gasteiger partial charge is 0.0351 e. The summed E-state index contributed by atoms with van der Waals surface area (Å²) in [5.74, 6) is 1.32. The van der Waals surface area contributed by atoms with E-state index < -0.39 is 0 Å². The topological polar surface area (TPSA) is 3.24 Å². The van der Waals surface area contributed by atoms with Crippen molar-refractivity contribution < 1.29 is 0 Å². The number of halogens is 2. The molecule has 0 saturated carbocycles. The van der Waals surface area contributed by atoms with E-state index in [2.05, 4.69) is 49.9 Å². The fourth-order valence-corrected chi connectivity index (χ4v) is 1.97. The average Bonchev–Trinajstić information content (AvgIpc) is 2.29. The van der Waals surface area contributed by atoms with E-state index in [0.29, 0.717) is 11.8 Å². The molecular weight excluding hydrogens is 253 g/mol. The molecule has 1 aromatic rings. The van der Waals surface area contributed by atoms with Gasteiger partial charge >= 0.3 is 0 Å². The third-order valence-corrected chi connectivity index (χ3v) is 3.07. The standard InChI is InChI=1S/C14H22ClN.ClH/c1-4-16(10-9-15)11-13-5-7-14(8-6-13)12(2)3;/h5-8,12H,4,9-11H2,1-3H3;1H. The van der Waals surface area contributed by atoms with E-state index in [9.17, 15) is 0 Å². The highest BCUT2D eigenvalue weighted by molar-refractivity contribution is 6.18. The highest BCUT2D eigenvalue weighted by Gasteiger charge is 2.03. The Hall–Kier alpha value is -0.240. The van der Waals surface area contributed by atoms with Gasteiger partial charge in [-0.1, -0.05) is 45.0 Å². The summed E-state index contributed by atoms with van der Waals surface area (Å²) in [5, 5.41) is 0. The van der Waals surface area contributed by atoms with Gasteiger partial charge < -0.3 is 0 Å². The molecule has 98 valence electrons. The van der Waals surface area contributed by atoms with Crippen LogP contribution in [0.4, 0.5) is 0 Å². The van der Waals surface area contributed by atoms with Gasteiger partial charge in [-0.3, -0.25) is 4.90 Å². The summed E-state index contributed by atoms with van der Waals surface area (Å²) in [4.78, 5) is 2.36. The first kappa shape index (κ1) is 16.8. The highest BCUT2D eigenvalue weighted by Crippen LogP contribution is 2.15. The minimum Gasteiger partial charge on any atom is -0.298 e. The van der Waals surface area contributed by atoms with Gasteiger partial charge in [0.1, 0.15) is 0 Å². The Labute approximate surface area is 117 Å². The Morgan fingerprint density at radius 2 is 1.76 bits per heavy atom. The first-order chi connectivity index (χ1) is 7.67. The maximum Gasteiger partial charge on any atom is 0.0351 e. The molecular formula is C14H23Cl2N. The maximum atomic E-state index is 5.77. The second kappa shape index (κ2) is 8.79. The quantitative estimate of drug-likeness (QED) is 0.700. The minimum absolute atomic E-state index is 0. The van der Waals surface area contributed by atoms with Crippen LogP contribution in [0.5, 0.6) is 0 Å². The Kier molecular flexibility index (Phi) is 8.67. The molecule has 0 atom stereocenters. The third-order valence-electron chi connectivity index (χ3n) is 2.90. The zero-order chi connectivity index (χ0) is 12.0. The Balaban J connectivity index is 0.00000256. The number of alkyl halides is 1. The minimum atomic E-state index is 0. The first-order valence-electron chi connectivity index (χ1n) is 6.04. The van der Waals surface area contributed by atoms with Gasteiger partial charge in [0.05, 0.1) is 0 Å². The molecule has 0 aliphatic carbocycles. The van der Waals surface area contributed by atoms with Crippen LogP contribution in [0.3, 0.4) is 0 Å². The van der Waals surface area contributed by atoms with Gasteiger partial charge in [-0.05, 0) is 23.6 Å². The third kappa shape index (κ3) is 5.76. The SMILES string of the molecule is CCN(CCCl)Cc1ccc(C(C)C)cc1.Cl. The summed E-state index contributed by atoms with van der Waals surface area (Å²) in [7, 11) is 0. The lowest BCUT2D eigenvalue weighted by molar-refractivity contribution is 0.297. The summed E-state index contributed by atoms with van der Waals surface area (Å²) in [6.07, 6.45) is 0. The normalized spacial score (nSPS) is 10.7. The van der Waals surface area contributed by atoms with E-state index in [0.717, 1.165) is 19.6 Å². The van der Waals surface area contributed by atoms with Crippen molar-refractivity contribution in [3.8, 4) is 0 Å². The van der Waals surface area contributed by atoms with Crippen LogP contribution < -0.4 is 0 Å². The molecule has 0 amide bonds. The van der Waals surface area contributed by atoms with E-state index in [-0.39, 0.29) is 12.4 Å². The molecule has 1 rings (SSSR count). The fraction of sp³-hybridized carbons (Fsp3) is 0.571. The van der Waals surface area contributed by atoms with Crippen LogP contribution in [0.1, 0.15) is 37.8 Å². The van der Waals surface area contributed by atoms with Crippen molar-refractivity contribution in [3.63, 3.8) is 0 Å². The molecule has 0 saturated heterocycles. The van der Waals surface area contributed by atoms with E-state index in [1.54, 1.807) is 0 Å². The van der Waals surface area contributed by atoms with Gasteiger partial charge in [-0.25, -0.2) is 0 Å². The largest absolute Gasteiger partial charge is 0.298 e. The van der Waals surface area contributed by atoms with Crippen molar-refractivity contribution in [2.75, 3.05) is 19.0 Å². The van der Waals surface area contributed by atoms with E-state index in [1.807, 2.05) is 0 Å². The first-order valence-corrected chi connectivity index (χ1v) is 6.58. The Morgan fingerprint density at radius 3 is 2.18 bits per heavy atom. The molecule has 0 aliphatic rings. The summed E-state index contributed by atoms with van der Waals surface area (Å²) in [6, 6.07) is 8.92. The fourth-order valence-electron chi connectivity index (χ4n) is 1.73. The van der Waals surface area contributed by atoms with Crippen molar-refractivity contribution in [1.82, 2.24) is 4.90 Å². The lowest BCUT2D eigenvalue weighted by atomic mass is 10.0. The molecule has 0 aromatic heterocycles. The van der Waals surface area contributed by atoms with Crippen molar-refractivity contribution in [1.29, 1.82) is 0 Å². The summed E-state index contributed by atoms with van der Waals surface area (Å²) in [5.41, 5.74) is 2.78. The molecule has 17 heavy (non-hydrogen) atoms. The van der Waals surface area contributed by atoms with Gasteiger partial charge in [0.15, 0.2) is 0 Å². The molecule has 0 aliphatic heterocycles. The van der Waals surface area contributed by atoms with Crippen LogP contribution >= 0.6 is 24.0 Å². The Bertz CT molecular complexity index is 296. The number of nitrogens with zero attached hydrogens (tertiary/aromatic N) is 1. The lowest BCUT2D eigenvalue weighted by Crippen LogP contribution is -2.24. The molecule has 3 heteroatoms. The number of rotatable bonds is 6. The summed E-state index contributed by atoms with van der Waals surface area (Å²) >= 11 is 5.77. The molecule has 0 N–H and O–H groups in total. The van der Waals surface area contributed by atoms with Crippen LogP contribution in [-0.2, 0) is 6.54 Å². The molecule has 1 nitrogen and oxygen atoms in total. The van der Waals surface area contributed by atoms with Gasteiger partial charge in [0, 0.05) is 19.0 Å². The zero-order valence-electron chi connectivity index (χ0n) is 10.9. The number of hydrogen-bond acceptors (Lipinski definition) is 1. The molecule has 0 bridgehead atoms. The molecule has 0 radical (unpaired) electrons. The van der Waals surface area contributed by atoms with E-state index in [4.69, 9.17) is 11.6 Å². The van der Waals surface area contributed by atoms with Crippen molar-refractivity contribution in [2.45, 2.75) is 33.2 Å². The molecule has 0 spiro atoms. The second-order valence-electron chi connectivity index (χ2n) is 4.45. The van der Waals surface area contributed by atoms with Crippen molar-refractivity contribution in [3.05, 3.63) is 35.4 Å². The van der Waals surface area contributed by atoms with Gasteiger partial charge in [-0.2, -0.15) is 0 Å². The second-order valence-corrected chi connectivity index (χ2v) is 4.83. The molecule has 0 fully saturated rings. The van der Waals surface area contributed by atoms with Gasteiger partial charge in [-0.15, -0.1) is 24.0 Å². The molecule has 0 heterocycles. The molecule has 0 unspecified atom stereocenters. The number of benzene rings is 1. The maximum absolute atomic E-state index is 5.77. The highest BCUT2D eigenvalue weighted by atomic mass is 35.5. The van der Waals surface area contributed by atoms with Crippen LogP contribution in [0.15, 0.2) is 24.3 Å². The van der Waals surface area contributed by atoms with E-state index >= 15 is 0 Å². The van der Waals surface area contributed by atoms with Crippen LogP contribution in [0.25, 0.3) is 0 Å². The van der Waals surface area contributed by atoms with Gasteiger partial charge in [0.2, 0.25) is 0 Å². The van der Waals surface area contributed by atoms with Crippen LogP contribution in [0.2, 0.25) is 0 Å². The summed E-state index contributed by atoms with van der Waals surface area (Å²) < 4.78 is 0. The van der Waals surface area contributed by atoms with Crippen molar-refractivity contribution >= 4 is 24.0 Å². The van der Waals surface area contributed by atoms with Gasteiger partial charge in [0.25, 0.3) is 0 Å². The predicted molar refractivity (Wildman–Crippen MR) is 79.5 cm³/mol. The van der Waals surface area contributed by atoms with Crippen LogP contribution in [0, 0.1) is 0 Å². The number of hydrogen-bond donors (Lipinski definition) is 0. The lowest BCUT2D eigenvalue weighted by Gasteiger charge is -2.19. The monoisotopic (exact) mass is 275 g/mol. The molecule has 1 aromatic carbocycles. The Morgan fingerprint density at radius 1 is 1.18 bits per heavy atom. The summed E-state index contributed by atoms with van der Waals surface area (Å²) in [6.45, 7) is 9.64.